The van der Waals surface area contributed by atoms with Crippen LogP contribution < -0.4 is 0 Å². The summed E-state index contributed by atoms with van der Waals surface area (Å²) in [4.78, 5) is -0.188. The van der Waals surface area contributed by atoms with Crippen molar-refractivity contribution in [3.63, 3.8) is 0 Å². The van der Waals surface area contributed by atoms with Gasteiger partial charge in [-0.15, -0.1) is 20.4 Å². The standard InChI is InChI=1S/C24H20N4O8S2/c1-12-7-16-5-6-17(23-27-25-14(3)34-23)9-19(16)22(8-12)38(32,33)36-20-10-18(24-28-26-15(4)35-24)11-21(13(20)2)37(29,30)31/h5-11,21H,2H2,1,3-4H3,(H,29,30,31). The van der Waals surface area contributed by atoms with Crippen molar-refractivity contribution in [2.45, 2.75) is 30.9 Å². The minimum absolute atomic E-state index is 0.0361. The van der Waals surface area contributed by atoms with Crippen LogP contribution in [0.15, 0.2) is 74.1 Å². The number of nitrogens with zero attached hydrogens (tertiary/aromatic N) is 4. The number of fused-ring (bicyclic) bond motifs is 1. The molecule has 1 aliphatic carbocycles. The van der Waals surface area contributed by atoms with E-state index in [9.17, 15) is 21.4 Å². The maximum absolute atomic E-state index is 13.6. The minimum Gasteiger partial charge on any atom is -0.421 e. The molecule has 1 unspecified atom stereocenters. The summed E-state index contributed by atoms with van der Waals surface area (Å²) in [6, 6.07) is 8.23. The summed E-state index contributed by atoms with van der Waals surface area (Å²) in [7, 11) is -9.31. The molecule has 0 amide bonds. The first-order valence-corrected chi connectivity index (χ1v) is 13.9. The van der Waals surface area contributed by atoms with Gasteiger partial charge in [0.15, 0.2) is 0 Å². The molecule has 196 valence electrons. The smallest absolute Gasteiger partial charge is 0.339 e. The molecule has 2 aromatic heterocycles. The highest BCUT2D eigenvalue weighted by atomic mass is 32.2. The van der Waals surface area contributed by atoms with Crippen molar-refractivity contribution in [2.75, 3.05) is 0 Å². The maximum atomic E-state index is 13.6. The van der Waals surface area contributed by atoms with Gasteiger partial charge in [0.2, 0.25) is 23.6 Å². The quantitative estimate of drug-likeness (QED) is 0.270. The third kappa shape index (κ3) is 4.76. The van der Waals surface area contributed by atoms with Gasteiger partial charge in [0.25, 0.3) is 10.1 Å². The van der Waals surface area contributed by atoms with Gasteiger partial charge in [0.05, 0.1) is 0 Å². The van der Waals surface area contributed by atoms with E-state index in [0.717, 1.165) is 6.08 Å². The number of hydrogen-bond acceptors (Lipinski definition) is 11. The van der Waals surface area contributed by atoms with Gasteiger partial charge in [-0.3, -0.25) is 4.55 Å². The van der Waals surface area contributed by atoms with E-state index in [1.54, 1.807) is 38.1 Å². The lowest BCUT2D eigenvalue weighted by molar-refractivity contribution is 0.409. The summed E-state index contributed by atoms with van der Waals surface area (Å²) in [6.07, 6.45) is 2.32. The Morgan fingerprint density at radius 2 is 1.58 bits per heavy atom. The Morgan fingerprint density at radius 1 is 0.921 bits per heavy atom. The van der Waals surface area contributed by atoms with Gasteiger partial charge in [-0.1, -0.05) is 18.7 Å². The van der Waals surface area contributed by atoms with E-state index in [4.69, 9.17) is 13.0 Å². The average Bonchev–Trinajstić information content (AvgIpc) is 3.47. The molecule has 38 heavy (non-hydrogen) atoms. The third-order valence-corrected chi connectivity index (χ3v) is 8.01. The Bertz CT molecular complexity index is 1900. The molecule has 14 heteroatoms. The van der Waals surface area contributed by atoms with Crippen molar-refractivity contribution in [1.29, 1.82) is 0 Å². The third-order valence-electron chi connectivity index (χ3n) is 5.67. The fourth-order valence-electron chi connectivity index (χ4n) is 3.96. The van der Waals surface area contributed by atoms with Crippen molar-refractivity contribution in [3.05, 3.63) is 83.6 Å². The van der Waals surface area contributed by atoms with Crippen LogP contribution in [0.2, 0.25) is 0 Å². The van der Waals surface area contributed by atoms with E-state index < -0.39 is 31.2 Å². The molecular weight excluding hydrogens is 536 g/mol. The zero-order chi connectivity index (χ0) is 27.4. The second kappa shape index (κ2) is 9.01. The predicted molar refractivity (Wildman–Crippen MR) is 135 cm³/mol. The zero-order valence-corrected chi connectivity index (χ0v) is 21.9. The summed E-state index contributed by atoms with van der Waals surface area (Å²) in [6.45, 7) is 8.53. The highest BCUT2D eigenvalue weighted by Gasteiger charge is 2.35. The largest absolute Gasteiger partial charge is 0.421 e. The lowest BCUT2D eigenvalue weighted by Crippen LogP contribution is -2.25. The Kier molecular flexibility index (Phi) is 6.04. The van der Waals surface area contributed by atoms with E-state index in [-0.39, 0.29) is 33.7 Å². The first kappa shape index (κ1) is 25.5. The lowest BCUT2D eigenvalue weighted by Gasteiger charge is -2.22. The SMILES string of the molecule is C=C1C(OS(=O)(=O)c2cc(C)cc3ccc(-c4nnc(C)o4)cc23)=CC(c2nnc(C)o2)=CC1S(=O)(=O)O. The molecule has 1 N–H and O–H groups in total. The molecule has 0 bridgehead atoms. The number of hydrogen-bond donors (Lipinski definition) is 1. The van der Waals surface area contributed by atoms with Crippen LogP contribution in [-0.2, 0) is 24.4 Å². The number of aromatic nitrogens is 4. The fourth-order valence-corrected chi connectivity index (χ4v) is 6.01. The summed E-state index contributed by atoms with van der Waals surface area (Å²) >= 11 is 0. The summed E-state index contributed by atoms with van der Waals surface area (Å²) in [5.74, 6) is 0.229. The molecule has 0 fully saturated rings. The number of benzene rings is 2. The highest BCUT2D eigenvalue weighted by molar-refractivity contribution is 7.87. The van der Waals surface area contributed by atoms with Crippen LogP contribution in [0.25, 0.3) is 27.8 Å². The van der Waals surface area contributed by atoms with Crippen molar-refractivity contribution >= 4 is 36.6 Å². The molecule has 0 radical (unpaired) electrons. The van der Waals surface area contributed by atoms with E-state index in [0.29, 0.717) is 27.8 Å². The summed E-state index contributed by atoms with van der Waals surface area (Å²) < 4.78 is 77.5. The van der Waals surface area contributed by atoms with Crippen LogP contribution >= 0.6 is 0 Å². The van der Waals surface area contributed by atoms with Crippen LogP contribution in [0, 0.1) is 20.8 Å². The van der Waals surface area contributed by atoms with E-state index in [2.05, 4.69) is 27.0 Å². The summed E-state index contributed by atoms with van der Waals surface area (Å²) in [5, 5.41) is 14.5. The van der Waals surface area contributed by atoms with Gasteiger partial charge in [-0.05, 0) is 48.2 Å². The monoisotopic (exact) mass is 556 g/mol. The van der Waals surface area contributed by atoms with Crippen LogP contribution in [0.4, 0.5) is 0 Å². The number of allylic oxidation sites excluding steroid dienone is 3. The van der Waals surface area contributed by atoms with Crippen molar-refractivity contribution in [1.82, 2.24) is 20.4 Å². The van der Waals surface area contributed by atoms with Gasteiger partial charge in [0, 0.05) is 35.9 Å². The molecule has 0 aliphatic heterocycles. The normalized spacial score (nSPS) is 16.4. The van der Waals surface area contributed by atoms with Gasteiger partial charge < -0.3 is 13.0 Å². The van der Waals surface area contributed by atoms with Crippen LogP contribution in [0.5, 0.6) is 0 Å². The van der Waals surface area contributed by atoms with Gasteiger partial charge in [-0.2, -0.15) is 16.8 Å². The minimum atomic E-state index is -4.74. The Hall–Kier alpha value is -4.14. The molecule has 2 aromatic carbocycles. The van der Waals surface area contributed by atoms with Crippen LogP contribution in [0.1, 0.15) is 23.2 Å². The van der Waals surface area contributed by atoms with Crippen molar-refractivity contribution < 1.29 is 34.4 Å². The van der Waals surface area contributed by atoms with Crippen molar-refractivity contribution in [2.24, 2.45) is 0 Å². The van der Waals surface area contributed by atoms with E-state index >= 15 is 0 Å². The molecule has 4 aromatic rings. The number of rotatable bonds is 6. The molecular formula is C24H20N4O8S2. The Balaban J connectivity index is 1.62. The van der Waals surface area contributed by atoms with Gasteiger partial charge >= 0.3 is 10.1 Å². The Morgan fingerprint density at radius 3 is 2.18 bits per heavy atom. The number of aryl methyl sites for hydroxylation is 3. The zero-order valence-electron chi connectivity index (χ0n) is 20.2. The van der Waals surface area contributed by atoms with Gasteiger partial charge in [-0.25, -0.2) is 0 Å². The fraction of sp³-hybridized carbons (Fsp3) is 0.167. The lowest BCUT2D eigenvalue weighted by atomic mass is 10.0. The summed E-state index contributed by atoms with van der Waals surface area (Å²) in [5.41, 5.74) is 0.863. The van der Waals surface area contributed by atoms with E-state index in [1.807, 2.05) is 0 Å². The maximum Gasteiger partial charge on any atom is 0.339 e. The first-order chi connectivity index (χ1) is 17.8. The predicted octanol–water partition coefficient (Wildman–Crippen LogP) is 3.70. The molecule has 1 atom stereocenters. The first-order valence-electron chi connectivity index (χ1n) is 11.0. The molecule has 0 spiro atoms. The second-order valence-electron chi connectivity index (χ2n) is 8.58. The molecule has 2 heterocycles. The van der Waals surface area contributed by atoms with Gasteiger partial charge in [0.1, 0.15) is 15.9 Å². The van der Waals surface area contributed by atoms with Crippen LogP contribution in [0.3, 0.4) is 0 Å². The molecule has 12 nitrogen and oxygen atoms in total. The molecule has 1 aliphatic rings. The van der Waals surface area contributed by atoms with E-state index in [1.165, 1.54) is 19.1 Å². The average molecular weight is 557 g/mol. The van der Waals surface area contributed by atoms with Crippen molar-refractivity contribution in [3.8, 4) is 11.5 Å². The molecule has 5 rings (SSSR count). The topological polar surface area (TPSA) is 176 Å². The second-order valence-corrected chi connectivity index (χ2v) is 11.6. The van der Waals surface area contributed by atoms with Crippen LogP contribution in [-0.4, -0.2) is 47.0 Å². The molecule has 0 saturated carbocycles. The highest BCUT2D eigenvalue weighted by Crippen LogP contribution is 2.36. The Labute approximate surface area is 217 Å². The molecule has 0 saturated heterocycles.